The quantitative estimate of drug-likeness (QED) is 0.148. The van der Waals surface area contributed by atoms with Crippen LogP contribution in [0.25, 0.3) is 0 Å². The zero-order chi connectivity index (χ0) is 40.1. The molecule has 1 unspecified atom stereocenters. The largest absolute Gasteiger partial charge is 0.460 e. The molecule has 0 spiro atoms. The predicted molar refractivity (Wildman–Crippen MR) is 231 cm³/mol. The first-order chi connectivity index (χ1) is 25.9. The lowest BCUT2D eigenvalue weighted by Gasteiger charge is -2.62. The molecule has 1 saturated heterocycles. The van der Waals surface area contributed by atoms with Gasteiger partial charge in [-0.15, -0.1) is 0 Å². The third kappa shape index (κ3) is 7.17. The summed E-state index contributed by atoms with van der Waals surface area (Å²) in [6, 6.07) is 25.3. The molecule has 9 heteroatoms. The number of hydrogen-bond acceptors (Lipinski definition) is 6. The second-order valence-corrected chi connectivity index (χ2v) is 33.2. The average molecular weight is 805 g/mol. The molecule has 1 aliphatic heterocycles. The summed E-state index contributed by atoms with van der Waals surface area (Å²) in [4.78, 5) is 29.2. The highest BCUT2D eigenvalue weighted by Gasteiger charge is 2.72. The molecule has 0 amide bonds. The maximum atomic E-state index is 14.8. The molecule has 0 N–H and O–H groups in total. The van der Waals surface area contributed by atoms with Crippen LogP contribution in [-0.4, -0.2) is 62.1 Å². The second kappa shape index (κ2) is 15.7. The van der Waals surface area contributed by atoms with Gasteiger partial charge in [-0.05, 0) is 102 Å². The number of carbonyl (C=O) groups excluding carboxylic acids is 2. The van der Waals surface area contributed by atoms with Crippen LogP contribution < -0.4 is 10.4 Å². The summed E-state index contributed by atoms with van der Waals surface area (Å²) in [7, 11) is -7.00. The van der Waals surface area contributed by atoms with Crippen molar-refractivity contribution in [1.82, 2.24) is 0 Å². The zero-order valence-electron chi connectivity index (χ0n) is 36.1. The van der Waals surface area contributed by atoms with Gasteiger partial charge in [0, 0.05) is 29.8 Å². The maximum Gasteiger partial charge on any atom is 0.331 e. The van der Waals surface area contributed by atoms with Gasteiger partial charge in [-0.2, -0.15) is 0 Å². The van der Waals surface area contributed by atoms with Crippen molar-refractivity contribution in [1.29, 1.82) is 0 Å². The molecule has 2 aromatic rings. The van der Waals surface area contributed by atoms with Gasteiger partial charge in [0.15, 0.2) is 16.6 Å². The number of hydrogen-bond donors (Lipinski definition) is 0. The number of Topliss-reactive ketones (excluding diaryl/α,β-unsaturated/α-hetero) is 1. The fraction of sp³-hybridized carbons (Fsp3) is 0.696. The van der Waals surface area contributed by atoms with Crippen LogP contribution in [0.15, 0.2) is 60.7 Å². The van der Waals surface area contributed by atoms with Gasteiger partial charge in [-0.1, -0.05) is 123 Å². The van der Waals surface area contributed by atoms with Crippen molar-refractivity contribution in [3.8, 4) is 0 Å². The molecule has 2 aromatic carbocycles. The Morgan fingerprint density at radius 2 is 1.49 bits per heavy atom. The molecule has 3 aliphatic carbocycles. The summed E-state index contributed by atoms with van der Waals surface area (Å²) in [5.74, 6) is 0.426. The lowest BCUT2D eigenvalue weighted by molar-refractivity contribution is -0.211. The molecule has 304 valence electrons. The molecule has 2 bridgehead atoms. The Balaban J connectivity index is 1.44. The molecule has 1 heterocycles. The van der Waals surface area contributed by atoms with Crippen molar-refractivity contribution >= 4 is 47.1 Å². The highest BCUT2D eigenvalue weighted by Crippen LogP contribution is 2.71. The normalized spacial score (nSPS) is 33.4. The van der Waals surface area contributed by atoms with Crippen molar-refractivity contribution in [2.45, 2.75) is 155 Å². The van der Waals surface area contributed by atoms with Crippen molar-refractivity contribution in [2.24, 2.45) is 34.0 Å². The highest BCUT2D eigenvalue weighted by molar-refractivity contribution is 6.99. The number of carbonyl (C=O) groups is 2. The molecule has 4 aliphatic rings. The van der Waals surface area contributed by atoms with E-state index in [1.54, 1.807) is 0 Å². The molecule has 6 rings (SSSR count). The molecule has 4 fully saturated rings. The Morgan fingerprint density at radius 1 is 0.909 bits per heavy atom. The first-order valence-electron chi connectivity index (χ1n) is 21.7. The number of esters is 1. The summed E-state index contributed by atoms with van der Waals surface area (Å²) in [5, 5.41) is 2.00. The highest BCUT2D eigenvalue weighted by atomic mass is 28.4. The van der Waals surface area contributed by atoms with Gasteiger partial charge in [0.1, 0.15) is 18.5 Å². The number of fused-ring (bicyclic) bond motifs is 1. The fourth-order valence-electron chi connectivity index (χ4n) is 12.5. The second-order valence-electron chi connectivity index (χ2n) is 19.9. The summed E-state index contributed by atoms with van der Waals surface area (Å²) in [5.41, 5.74) is -0.988. The molecule has 6 nitrogen and oxygen atoms in total. The van der Waals surface area contributed by atoms with E-state index in [0.717, 1.165) is 60.2 Å². The third-order valence-corrected chi connectivity index (χ3v) is 27.9. The van der Waals surface area contributed by atoms with Crippen LogP contribution in [0, 0.1) is 34.0 Å². The SMILES string of the molecule is CC[C@]1(CO[Si](CC)(CC)CC)C[C@@H](OC(=O)CO[Si](c2ccccc2)(c2ccccc2)C(C)(C)C)[C@@]2(C)C3C(=O)CC[C@@]3(CC[C@H]2C)[C@@H]2C[Si](C)(C)O[C@@H]21. The lowest BCUT2D eigenvalue weighted by Crippen LogP contribution is -2.67. The minimum Gasteiger partial charge on any atom is -0.460 e. The molecule has 0 radical (unpaired) electrons. The summed E-state index contributed by atoms with van der Waals surface area (Å²) < 4.78 is 28.9. The standard InChI is InChI=1S/C46H72O6Si3/c1-12-45(33-50-54(13-2,14-3)15-4)30-39(44(9)34(5)26-28-46(29-27-38(47)41(44)46)37-32-53(10,11)52-42(37)45)51-40(48)31-49-55(43(6,7)8,35-22-18-16-19-23-35)36-24-20-17-21-25-36/h16-25,34,37,39,41-42H,12-15,26-33H2,1-11H3/t34-,37-,39-,41?,42+,44+,45-,46+/m1/s1. The Bertz CT molecular complexity index is 1610. The molecular formula is C46H72O6Si3. The maximum absolute atomic E-state index is 14.8. The van der Waals surface area contributed by atoms with Crippen molar-refractivity contribution < 1.29 is 27.6 Å². The first-order valence-corrected chi connectivity index (χ1v) is 29.3. The third-order valence-electron chi connectivity index (χ3n) is 16.0. The van der Waals surface area contributed by atoms with E-state index >= 15 is 0 Å². The molecule has 0 aromatic heterocycles. The van der Waals surface area contributed by atoms with Crippen LogP contribution in [0.1, 0.15) is 101 Å². The van der Waals surface area contributed by atoms with Crippen molar-refractivity contribution in [3.63, 3.8) is 0 Å². The van der Waals surface area contributed by atoms with Crippen molar-refractivity contribution in [3.05, 3.63) is 60.7 Å². The number of rotatable bonds is 13. The van der Waals surface area contributed by atoms with Gasteiger partial charge >= 0.3 is 5.97 Å². The smallest absolute Gasteiger partial charge is 0.331 e. The summed E-state index contributed by atoms with van der Waals surface area (Å²) in [6.07, 6.45) is 4.65. The van der Waals surface area contributed by atoms with Crippen LogP contribution in [0.3, 0.4) is 0 Å². The summed E-state index contributed by atoms with van der Waals surface area (Å²) >= 11 is 0. The van der Waals surface area contributed by atoms with E-state index in [1.807, 2.05) is 12.1 Å². The van der Waals surface area contributed by atoms with Crippen LogP contribution in [-0.2, 0) is 27.6 Å². The molecular weight excluding hydrogens is 733 g/mol. The molecule has 55 heavy (non-hydrogen) atoms. The molecule has 8 atom stereocenters. The van der Waals surface area contributed by atoms with Gasteiger partial charge in [0.25, 0.3) is 8.32 Å². The number of ether oxygens (including phenoxy) is 1. The number of benzene rings is 2. The Labute approximate surface area is 336 Å². The topological polar surface area (TPSA) is 71.1 Å². The monoisotopic (exact) mass is 804 g/mol. The van der Waals surface area contributed by atoms with E-state index in [9.17, 15) is 9.59 Å². The Hall–Kier alpha value is -1.89. The summed E-state index contributed by atoms with van der Waals surface area (Å²) in [6.45, 7) is 25.8. The van der Waals surface area contributed by atoms with Gasteiger partial charge in [0.05, 0.1) is 6.10 Å². The van der Waals surface area contributed by atoms with E-state index in [1.165, 1.54) is 0 Å². The number of ketones is 1. The minimum atomic E-state index is -2.99. The van der Waals surface area contributed by atoms with Gasteiger partial charge in [-0.3, -0.25) is 4.79 Å². The van der Waals surface area contributed by atoms with E-state index in [4.69, 9.17) is 18.0 Å². The Morgan fingerprint density at radius 3 is 2.02 bits per heavy atom. The van der Waals surface area contributed by atoms with E-state index in [0.29, 0.717) is 31.1 Å². The zero-order valence-corrected chi connectivity index (χ0v) is 39.1. The fourth-order valence-corrected chi connectivity index (χ4v) is 22.5. The average Bonchev–Trinajstić information content (AvgIpc) is 3.70. The first kappa shape index (κ1) is 42.7. The van der Waals surface area contributed by atoms with Crippen molar-refractivity contribution in [2.75, 3.05) is 13.2 Å². The minimum absolute atomic E-state index is 0.0163. The van der Waals surface area contributed by atoms with Crippen LogP contribution >= 0.6 is 0 Å². The lowest BCUT2D eigenvalue weighted by atomic mass is 9.43. The van der Waals surface area contributed by atoms with E-state index < -0.39 is 36.5 Å². The van der Waals surface area contributed by atoms with E-state index in [2.05, 4.69) is 124 Å². The van der Waals surface area contributed by atoms with Gasteiger partial charge in [-0.25, -0.2) is 4.79 Å². The van der Waals surface area contributed by atoms with Gasteiger partial charge in [0.2, 0.25) is 0 Å². The Kier molecular flexibility index (Phi) is 12.2. The van der Waals surface area contributed by atoms with Crippen LogP contribution in [0.2, 0.25) is 42.3 Å². The van der Waals surface area contributed by atoms with Gasteiger partial charge < -0.3 is 18.0 Å². The predicted octanol–water partition coefficient (Wildman–Crippen LogP) is 9.92. The molecule has 3 saturated carbocycles. The van der Waals surface area contributed by atoms with Crippen LogP contribution in [0.4, 0.5) is 0 Å². The van der Waals surface area contributed by atoms with Crippen LogP contribution in [0.5, 0.6) is 0 Å². The van der Waals surface area contributed by atoms with E-state index in [-0.39, 0.29) is 46.4 Å².